The summed E-state index contributed by atoms with van der Waals surface area (Å²) in [5.41, 5.74) is 1.34. The van der Waals surface area contributed by atoms with Crippen LogP contribution in [0.25, 0.3) is 0 Å². The van der Waals surface area contributed by atoms with Gasteiger partial charge in [0.15, 0.2) is 0 Å². The molecule has 6 nitrogen and oxygen atoms in total. The third-order valence-corrected chi connectivity index (χ3v) is 7.49. The molecule has 0 aliphatic heterocycles. The van der Waals surface area contributed by atoms with E-state index in [1.165, 1.54) is 18.4 Å². The number of imide groups is 1. The van der Waals surface area contributed by atoms with E-state index < -0.39 is 12.0 Å². The molecule has 0 bridgehead atoms. The number of thioether (sulfide) groups is 1. The maximum absolute atomic E-state index is 12.7. The first-order valence-electron chi connectivity index (χ1n) is 10.2. The lowest BCUT2D eigenvalue weighted by molar-refractivity contribution is -0.116. The Morgan fingerprint density at radius 2 is 1.87 bits per heavy atom. The first-order chi connectivity index (χ1) is 15.0. The van der Waals surface area contributed by atoms with Crippen LogP contribution < -0.4 is 10.6 Å². The van der Waals surface area contributed by atoms with Gasteiger partial charge in [-0.2, -0.15) is 0 Å². The normalized spacial score (nSPS) is 13.1. The fourth-order valence-electron chi connectivity index (χ4n) is 3.42. The quantitative estimate of drug-likeness (QED) is 0.302. The molecule has 1 aromatic carbocycles. The Labute approximate surface area is 195 Å². The summed E-state index contributed by atoms with van der Waals surface area (Å²) in [6.45, 7) is 0. The average Bonchev–Trinajstić information content (AvgIpc) is 2.92. The lowest BCUT2D eigenvalue weighted by Gasteiger charge is -2.09. The lowest BCUT2D eigenvalue weighted by atomic mass is 10.0. The summed E-state index contributed by atoms with van der Waals surface area (Å²) >= 11 is 9.00. The average molecular weight is 481 g/mol. The zero-order valence-corrected chi connectivity index (χ0v) is 19.7. The molecule has 31 heavy (non-hydrogen) atoms. The molecule has 1 heterocycles. The number of anilines is 1. The summed E-state index contributed by atoms with van der Waals surface area (Å²) in [7, 11) is 1.21. The minimum atomic E-state index is -0.810. The molecule has 1 aliphatic rings. The molecule has 0 unspecified atom stereocenters. The van der Waals surface area contributed by atoms with Crippen LogP contribution in [0.2, 0.25) is 5.02 Å². The maximum atomic E-state index is 12.7. The molecule has 166 valence electrons. The third-order valence-electron chi connectivity index (χ3n) is 4.93. The molecule has 0 saturated carbocycles. The second kappa shape index (κ2) is 11.5. The van der Waals surface area contributed by atoms with Gasteiger partial charge in [0.05, 0.1) is 12.7 Å². The van der Waals surface area contributed by atoms with Crippen LogP contribution in [-0.4, -0.2) is 30.8 Å². The van der Waals surface area contributed by atoms with Gasteiger partial charge in [0.25, 0.3) is 5.91 Å². The first-order valence-corrected chi connectivity index (χ1v) is 12.4. The van der Waals surface area contributed by atoms with Crippen molar-refractivity contribution in [2.24, 2.45) is 0 Å². The van der Waals surface area contributed by atoms with E-state index in [0.29, 0.717) is 28.4 Å². The van der Waals surface area contributed by atoms with Gasteiger partial charge < -0.3 is 10.1 Å². The van der Waals surface area contributed by atoms with Gasteiger partial charge in [0, 0.05) is 21.2 Å². The predicted octanol–water partition coefficient (Wildman–Crippen LogP) is 5.68. The Bertz CT molecular complexity index is 944. The van der Waals surface area contributed by atoms with Crippen LogP contribution in [0.1, 0.15) is 52.9 Å². The predicted molar refractivity (Wildman–Crippen MR) is 125 cm³/mol. The minimum Gasteiger partial charge on any atom is -0.453 e. The summed E-state index contributed by atoms with van der Waals surface area (Å²) in [6.07, 6.45) is 5.03. The van der Waals surface area contributed by atoms with E-state index in [4.69, 9.17) is 11.6 Å². The number of carbonyl (C=O) groups is 3. The zero-order chi connectivity index (χ0) is 22.2. The molecular formula is C22H25ClN2O4S2. The summed E-state index contributed by atoms with van der Waals surface area (Å²) in [5.74, 6) is 0.131. The van der Waals surface area contributed by atoms with Crippen molar-refractivity contribution >= 4 is 57.6 Å². The fourth-order valence-corrected chi connectivity index (χ4v) is 5.70. The van der Waals surface area contributed by atoms with Crippen LogP contribution in [0, 0.1) is 0 Å². The number of halogens is 1. The highest BCUT2D eigenvalue weighted by atomic mass is 35.5. The topological polar surface area (TPSA) is 84.5 Å². The number of nitrogens with one attached hydrogen (secondary N) is 2. The van der Waals surface area contributed by atoms with Crippen LogP contribution >= 0.6 is 34.7 Å². The molecule has 0 radical (unpaired) electrons. The van der Waals surface area contributed by atoms with Gasteiger partial charge in [0.1, 0.15) is 5.00 Å². The van der Waals surface area contributed by atoms with Gasteiger partial charge in [-0.25, -0.2) is 4.79 Å². The number of rotatable bonds is 7. The van der Waals surface area contributed by atoms with E-state index >= 15 is 0 Å². The number of carbonyl (C=O) groups excluding carboxylic acids is 3. The SMILES string of the molecule is COC(=O)NC(=O)c1c(NC(=O)CCCSc2ccc(Cl)cc2)sc2c1CCCCC2. The third kappa shape index (κ3) is 6.72. The van der Waals surface area contributed by atoms with Crippen molar-refractivity contribution in [1.29, 1.82) is 0 Å². The van der Waals surface area contributed by atoms with Crippen LogP contribution in [-0.2, 0) is 22.4 Å². The van der Waals surface area contributed by atoms with Crippen LogP contribution in [0.3, 0.4) is 0 Å². The van der Waals surface area contributed by atoms with Gasteiger partial charge in [-0.15, -0.1) is 23.1 Å². The zero-order valence-electron chi connectivity index (χ0n) is 17.3. The molecule has 1 aliphatic carbocycles. The second-order valence-corrected chi connectivity index (χ2v) is 9.88. The number of hydrogen-bond donors (Lipinski definition) is 2. The van der Waals surface area contributed by atoms with Gasteiger partial charge in [0.2, 0.25) is 5.91 Å². The summed E-state index contributed by atoms with van der Waals surface area (Å²) in [4.78, 5) is 39.0. The minimum absolute atomic E-state index is 0.139. The fraction of sp³-hybridized carbons (Fsp3) is 0.409. The number of amides is 3. The van der Waals surface area contributed by atoms with Gasteiger partial charge in [-0.3, -0.25) is 14.9 Å². The highest BCUT2D eigenvalue weighted by Crippen LogP contribution is 2.37. The Kier molecular flexibility index (Phi) is 8.80. The molecule has 9 heteroatoms. The Morgan fingerprint density at radius 1 is 1.13 bits per heavy atom. The van der Waals surface area contributed by atoms with Crippen molar-refractivity contribution in [3.05, 3.63) is 45.3 Å². The molecule has 1 aromatic heterocycles. The number of thiophene rings is 1. The molecule has 0 atom stereocenters. The first kappa shape index (κ1) is 23.6. The maximum Gasteiger partial charge on any atom is 0.413 e. The second-order valence-electron chi connectivity index (χ2n) is 7.17. The van der Waals surface area contributed by atoms with Crippen molar-refractivity contribution < 1.29 is 19.1 Å². The molecule has 3 amide bonds. The van der Waals surface area contributed by atoms with Crippen molar-refractivity contribution in [2.75, 3.05) is 18.2 Å². The van der Waals surface area contributed by atoms with E-state index in [9.17, 15) is 14.4 Å². The van der Waals surface area contributed by atoms with Crippen LogP contribution in [0.5, 0.6) is 0 Å². The Hall–Kier alpha value is -2.03. The highest BCUT2D eigenvalue weighted by Gasteiger charge is 2.26. The van der Waals surface area contributed by atoms with Gasteiger partial charge in [-0.05, 0) is 67.7 Å². The lowest BCUT2D eigenvalue weighted by Crippen LogP contribution is -2.31. The number of methoxy groups -OCH3 is 1. The molecular weight excluding hydrogens is 456 g/mol. The van der Waals surface area contributed by atoms with E-state index in [2.05, 4.69) is 15.4 Å². The summed E-state index contributed by atoms with van der Waals surface area (Å²) < 4.78 is 4.55. The van der Waals surface area contributed by atoms with Crippen LogP contribution in [0.4, 0.5) is 9.80 Å². The smallest absolute Gasteiger partial charge is 0.413 e. The van der Waals surface area contributed by atoms with Crippen LogP contribution in [0.15, 0.2) is 29.2 Å². The Morgan fingerprint density at radius 3 is 2.61 bits per heavy atom. The van der Waals surface area contributed by atoms with E-state index in [-0.39, 0.29) is 5.91 Å². The van der Waals surface area contributed by atoms with Crippen molar-refractivity contribution in [3.8, 4) is 0 Å². The molecule has 0 saturated heterocycles. The number of aryl methyl sites for hydroxylation is 1. The number of benzene rings is 1. The van der Waals surface area contributed by atoms with E-state index in [0.717, 1.165) is 53.2 Å². The Balaban J connectivity index is 1.62. The van der Waals surface area contributed by atoms with E-state index in [1.807, 2.05) is 24.3 Å². The summed E-state index contributed by atoms with van der Waals surface area (Å²) in [6, 6.07) is 7.60. The number of ether oxygens (including phenoxy) is 1. The standard InChI is InChI=1S/C22H25ClN2O4S2/c1-29-22(28)25-20(27)19-16-6-3-2-4-7-17(16)31-21(19)24-18(26)8-5-13-30-15-11-9-14(23)10-12-15/h9-12H,2-8,13H2,1H3,(H,24,26)(H,25,27,28). The van der Waals surface area contributed by atoms with Crippen molar-refractivity contribution in [2.45, 2.75) is 49.8 Å². The molecule has 2 N–H and O–H groups in total. The number of alkyl carbamates (subject to hydrolysis) is 1. The van der Waals surface area contributed by atoms with Gasteiger partial charge in [-0.1, -0.05) is 18.0 Å². The number of fused-ring (bicyclic) bond motifs is 1. The van der Waals surface area contributed by atoms with Crippen molar-refractivity contribution in [3.63, 3.8) is 0 Å². The summed E-state index contributed by atoms with van der Waals surface area (Å²) in [5, 5.41) is 6.36. The monoisotopic (exact) mass is 480 g/mol. The molecule has 2 aromatic rings. The van der Waals surface area contributed by atoms with Gasteiger partial charge >= 0.3 is 6.09 Å². The molecule has 3 rings (SSSR count). The highest BCUT2D eigenvalue weighted by molar-refractivity contribution is 7.99. The number of hydrogen-bond acceptors (Lipinski definition) is 6. The molecule has 0 spiro atoms. The van der Waals surface area contributed by atoms with Crippen molar-refractivity contribution in [1.82, 2.24) is 5.32 Å². The largest absolute Gasteiger partial charge is 0.453 e. The van der Waals surface area contributed by atoms with E-state index in [1.54, 1.807) is 11.8 Å². The molecule has 0 fully saturated rings.